The molecule has 0 saturated carbocycles. The number of fused-ring (bicyclic) bond motifs is 1. The minimum atomic E-state index is -3.92. The van der Waals surface area contributed by atoms with Crippen LogP contribution in [0, 0.1) is 0 Å². The fraction of sp³-hybridized carbons (Fsp3) is 0. The van der Waals surface area contributed by atoms with Crippen molar-refractivity contribution in [2.45, 2.75) is 5.03 Å². The van der Waals surface area contributed by atoms with Crippen LogP contribution in [-0.4, -0.2) is 18.4 Å². The number of sulfonamides is 1. The smallest absolute Gasteiger partial charge is 0.259 e. The Balaban J connectivity index is 2.84. The van der Waals surface area contributed by atoms with Gasteiger partial charge in [0.15, 0.2) is 5.82 Å². The van der Waals surface area contributed by atoms with Gasteiger partial charge in [-0.2, -0.15) is 0 Å². The SMILES string of the molecule is Nc1nc2ccccc2nc1S(N)(=O)=O. The summed E-state index contributed by atoms with van der Waals surface area (Å²) >= 11 is 0. The van der Waals surface area contributed by atoms with Crippen molar-refractivity contribution in [3.8, 4) is 0 Å². The second kappa shape index (κ2) is 3.14. The first-order valence-corrected chi connectivity index (χ1v) is 5.58. The molecule has 0 fully saturated rings. The molecule has 1 heterocycles. The van der Waals surface area contributed by atoms with Crippen molar-refractivity contribution >= 4 is 26.9 Å². The molecule has 0 aliphatic rings. The summed E-state index contributed by atoms with van der Waals surface area (Å²) in [4.78, 5) is 7.74. The van der Waals surface area contributed by atoms with Crippen LogP contribution in [0.5, 0.6) is 0 Å². The highest BCUT2D eigenvalue weighted by Gasteiger charge is 2.16. The maximum absolute atomic E-state index is 11.1. The number of nitrogen functional groups attached to an aromatic ring is 1. The van der Waals surface area contributed by atoms with E-state index in [1.165, 1.54) is 0 Å². The lowest BCUT2D eigenvalue weighted by molar-refractivity contribution is 0.594. The van der Waals surface area contributed by atoms with E-state index in [2.05, 4.69) is 9.97 Å². The molecular formula is C8H8N4O2S. The highest BCUT2D eigenvalue weighted by atomic mass is 32.2. The van der Waals surface area contributed by atoms with Crippen molar-refractivity contribution < 1.29 is 8.42 Å². The summed E-state index contributed by atoms with van der Waals surface area (Å²) in [5.74, 6) is -0.184. The molecule has 7 heteroatoms. The summed E-state index contributed by atoms with van der Waals surface area (Å²) in [7, 11) is -3.92. The van der Waals surface area contributed by atoms with Gasteiger partial charge in [0.1, 0.15) is 0 Å². The Kier molecular flexibility index (Phi) is 2.06. The van der Waals surface area contributed by atoms with Crippen LogP contribution in [0.2, 0.25) is 0 Å². The molecule has 0 amide bonds. The third kappa shape index (κ3) is 1.74. The molecule has 2 rings (SSSR count). The van der Waals surface area contributed by atoms with E-state index >= 15 is 0 Å². The first kappa shape index (κ1) is 9.81. The number of nitrogens with zero attached hydrogens (tertiary/aromatic N) is 2. The fourth-order valence-corrected chi connectivity index (χ4v) is 1.77. The zero-order valence-corrected chi connectivity index (χ0v) is 8.40. The molecular weight excluding hydrogens is 216 g/mol. The predicted octanol–water partition coefficient (Wildman–Crippen LogP) is -0.141. The lowest BCUT2D eigenvalue weighted by atomic mass is 10.3. The lowest BCUT2D eigenvalue weighted by Crippen LogP contribution is -2.17. The highest BCUT2D eigenvalue weighted by Crippen LogP contribution is 2.16. The van der Waals surface area contributed by atoms with Gasteiger partial charge in [-0.15, -0.1) is 0 Å². The van der Waals surface area contributed by atoms with Gasteiger partial charge in [-0.25, -0.2) is 23.5 Å². The van der Waals surface area contributed by atoms with Gasteiger partial charge in [-0.1, -0.05) is 12.1 Å². The second-order valence-electron chi connectivity index (χ2n) is 2.95. The first-order valence-electron chi connectivity index (χ1n) is 4.03. The molecule has 0 aliphatic carbocycles. The van der Waals surface area contributed by atoms with Crippen LogP contribution < -0.4 is 10.9 Å². The van der Waals surface area contributed by atoms with Crippen LogP contribution in [0.25, 0.3) is 11.0 Å². The number of anilines is 1. The molecule has 1 aromatic carbocycles. The zero-order chi connectivity index (χ0) is 11.1. The van der Waals surface area contributed by atoms with E-state index in [0.717, 1.165) is 0 Å². The molecule has 6 nitrogen and oxygen atoms in total. The summed E-state index contributed by atoms with van der Waals surface area (Å²) < 4.78 is 22.2. The molecule has 0 radical (unpaired) electrons. The van der Waals surface area contributed by atoms with Crippen LogP contribution in [0.4, 0.5) is 5.82 Å². The van der Waals surface area contributed by atoms with Crippen molar-refractivity contribution in [3.05, 3.63) is 24.3 Å². The highest BCUT2D eigenvalue weighted by molar-refractivity contribution is 7.89. The van der Waals surface area contributed by atoms with Crippen molar-refractivity contribution in [2.75, 3.05) is 5.73 Å². The maximum Gasteiger partial charge on any atom is 0.259 e. The van der Waals surface area contributed by atoms with Gasteiger partial charge < -0.3 is 5.73 Å². The van der Waals surface area contributed by atoms with Crippen molar-refractivity contribution in [1.29, 1.82) is 0 Å². The van der Waals surface area contributed by atoms with Crippen molar-refractivity contribution in [2.24, 2.45) is 5.14 Å². The minimum Gasteiger partial charge on any atom is -0.381 e. The Morgan fingerprint density at radius 3 is 2.13 bits per heavy atom. The Morgan fingerprint density at radius 2 is 1.60 bits per heavy atom. The van der Waals surface area contributed by atoms with E-state index in [1.54, 1.807) is 24.3 Å². The van der Waals surface area contributed by atoms with Gasteiger partial charge in [0.05, 0.1) is 11.0 Å². The van der Waals surface area contributed by atoms with Gasteiger partial charge in [0, 0.05) is 0 Å². The summed E-state index contributed by atoms with van der Waals surface area (Å²) in [5, 5.41) is 4.55. The normalized spacial score (nSPS) is 11.8. The standard InChI is InChI=1S/C8H8N4O2S/c9-7-8(15(10,13)14)12-6-4-2-1-3-5(6)11-7/h1-4H,(H2,9,11)(H2,10,13,14). The lowest BCUT2D eigenvalue weighted by Gasteiger charge is -2.03. The van der Waals surface area contributed by atoms with Crippen LogP contribution in [0.3, 0.4) is 0 Å². The van der Waals surface area contributed by atoms with Gasteiger partial charge in [0.25, 0.3) is 10.0 Å². The van der Waals surface area contributed by atoms with E-state index < -0.39 is 10.0 Å². The fourth-order valence-electron chi connectivity index (χ4n) is 1.21. The predicted molar refractivity (Wildman–Crippen MR) is 55.3 cm³/mol. The van der Waals surface area contributed by atoms with E-state index in [-0.39, 0.29) is 10.8 Å². The Bertz CT molecular complexity index is 624. The van der Waals surface area contributed by atoms with Gasteiger partial charge in [-0.05, 0) is 12.1 Å². The number of rotatable bonds is 1. The van der Waals surface area contributed by atoms with E-state index in [9.17, 15) is 8.42 Å². The number of aromatic nitrogens is 2. The molecule has 0 saturated heterocycles. The summed E-state index contributed by atoms with van der Waals surface area (Å²) in [6.07, 6.45) is 0. The van der Waals surface area contributed by atoms with E-state index in [1.807, 2.05) is 0 Å². The molecule has 2 aromatic rings. The number of para-hydroxylation sites is 2. The van der Waals surface area contributed by atoms with Crippen LogP contribution in [0.1, 0.15) is 0 Å². The topological polar surface area (TPSA) is 112 Å². The molecule has 0 atom stereocenters. The number of benzene rings is 1. The Labute approximate surface area is 86.0 Å². The molecule has 1 aromatic heterocycles. The molecule has 15 heavy (non-hydrogen) atoms. The number of hydrogen-bond donors (Lipinski definition) is 2. The second-order valence-corrected chi connectivity index (χ2v) is 4.42. The van der Waals surface area contributed by atoms with Crippen molar-refractivity contribution in [1.82, 2.24) is 9.97 Å². The number of nitrogens with two attached hydrogens (primary N) is 2. The Morgan fingerprint density at radius 1 is 1.07 bits per heavy atom. The zero-order valence-electron chi connectivity index (χ0n) is 7.58. The third-order valence-electron chi connectivity index (χ3n) is 1.83. The molecule has 0 spiro atoms. The van der Waals surface area contributed by atoms with Crippen LogP contribution >= 0.6 is 0 Å². The Hall–Kier alpha value is -1.73. The maximum atomic E-state index is 11.1. The molecule has 0 unspecified atom stereocenters. The number of hydrogen-bond acceptors (Lipinski definition) is 5. The largest absolute Gasteiger partial charge is 0.381 e. The average molecular weight is 224 g/mol. The number of primary sulfonamides is 1. The summed E-state index contributed by atoms with van der Waals surface area (Å²) in [5.41, 5.74) is 6.41. The van der Waals surface area contributed by atoms with Crippen molar-refractivity contribution in [3.63, 3.8) is 0 Å². The summed E-state index contributed by atoms with van der Waals surface area (Å²) in [6, 6.07) is 6.80. The van der Waals surface area contributed by atoms with Gasteiger partial charge in [-0.3, -0.25) is 0 Å². The van der Waals surface area contributed by atoms with Gasteiger partial charge in [0.2, 0.25) is 5.03 Å². The molecule has 4 N–H and O–H groups in total. The first-order chi connectivity index (χ1) is 6.98. The minimum absolute atomic E-state index is 0.184. The van der Waals surface area contributed by atoms with E-state index in [4.69, 9.17) is 10.9 Å². The summed E-state index contributed by atoms with van der Waals surface area (Å²) in [6.45, 7) is 0. The molecule has 0 bridgehead atoms. The average Bonchev–Trinajstić information content (AvgIpc) is 2.15. The quantitative estimate of drug-likeness (QED) is 0.700. The van der Waals surface area contributed by atoms with Gasteiger partial charge >= 0.3 is 0 Å². The monoisotopic (exact) mass is 224 g/mol. The molecule has 78 valence electrons. The van der Waals surface area contributed by atoms with E-state index in [0.29, 0.717) is 11.0 Å². The van der Waals surface area contributed by atoms with Crippen LogP contribution in [-0.2, 0) is 10.0 Å². The third-order valence-corrected chi connectivity index (χ3v) is 2.67. The van der Waals surface area contributed by atoms with Crippen LogP contribution in [0.15, 0.2) is 29.3 Å². The molecule has 0 aliphatic heterocycles.